The van der Waals surface area contributed by atoms with Gasteiger partial charge in [0.25, 0.3) is 0 Å². The minimum Gasteiger partial charge on any atom is -0.497 e. The Morgan fingerprint density at radius 3 is 2.27 bits per heavy atom. The monoisotopic (exact) mass is 576 g/mol. The van der Waals surface area contributed by atoms with Crippen LogP contribution in [0.3, 0.4) is 0 Å². The standard InChI is InChI=1S/C23H30F2N4O3.HI/c1-26-23(27-11-10-17-4-9-20(31-3)21(16-17)32-22(24)25)29-14-12-28(13-15-29)18-5-7-19(30-2)8-6-18;/h4-9,16,22H,10-15H2,1-3H3,(H,26,27);1H. The van der Waals surface area contributed by atoms with Crippen LogP contribution in [0.5, 0.6) is 17.2 Å². The summed E-state index contributed by atoms with van der Waals surface area (Å²) in [5, 5.41) is 3.37. The average Bonchev–Trinajstić information content (AvgIpc) is 2.82. The molecule has 0 amide bonds. The van der Waals surface area contributed by atoms with Crippen LogP contribution in [-0.4, -0.2) is 71.5 Å². The van der Waals surface area contributed by atoms with Crippen LogP contribution in [0.4, 0.5) is 14.5 Å². The van der Waals surface area contributed by atoms with E-state index in [4.69, 9.17) is 9.47 Å². The number of hydrogen-bond donors (Lipinski definition) is 1. The van der Waals surface area contributed by atoms with Gasteiger partial charge in [0.05, 0.1) is 14.2 Å². The van der Waals surface area contributed by atoms with Crippen molar-refractivity contribution in [3.63, 3.8) is 0 Å². The molecular formula is C23H31F2IN4O3. The van der Waals surface area contributed by atoms with E-state index in [0.29, 0.717) is 13.0 Å². The average molecular weight is 576 g/mol. The van der Waals surface area contributed by atoms with Gasteiger partial charge in [-0.3, -0.25) is 4.99 Å². The summed E-state index contributed by atoms with van der Waals surface area (Å²) in [6, 6.07) is 13.2. The highest BCUT2D eigenvalue weighted by Crippen LogP contribution is 2.29. The van der Waals surface area contributed by atoms with E-state index < -0.39 is 6.61 Å². The number of benzene rings is 2. The van der Waals surface area contributed by atoms with Crippen LogP contribution >= 0.6 is 24.0 Å². The van der Waals surface area contributed by atoms with Crippen LogP contribution in [0.15, 0.2) is 47.5 Å². The van der Waals surface area contributed by atoms with E-state index >= 15 is 0 Å². The molecule has 1 aliphatic heterocycles. The molecule has 7 nitrogen and oxygen atoms in total. The summed E-state index contributed by atoms with van der Waals surface area (Å²) < 4.78 is 40.1. The molecule has 0 spiro atoms. The first-order chi connectivity index (χ1) is 15.5. The lowest BCUT2D eigenvalue weighted by Gasteiger charge is -2.37. The Bertz CT molecular complexity index is 892. The Labute approximate surface area is 210 Å². The molecule has 2 aromatic carbocycles. The first kappa shape index (κ1) is 26.7. The molecule has 0 aromatic heterocycles. The zero-order valence-corrected chi connectivity index (χ0v) is 21.4. The largest absolute Gasteiger partial charge is 0.497 e. The molecular weight excluding hydrogens is 545 g/mol. The summed E-state index contributed by atoms with van der Waals surface area (Å²) in [7, 11) is 4.85. The topological polar surface area (TPSA) is 58.6 Å². The molecule has 1 N–H and O–H groups in total. The Balaban J connectivity index is 0.00000385. The van der Waals surface area contributed by atoms with Gasteiger partial charge < -0.3 is 29.3 Å². The minimum absolute atomic E-state index is 0. The Morgan fingerprint density at radius 1 is 1.00 bits per heavy atom. The van der Waals surface area contributed by atoms with Crippen molar-refractivity contribution in [3.8, 4) is 17.2 Å². The molecule has 10 heteroatoms. The van der Waals surface area contributed by atoms with Crippen LogP contribution in [0, 0.1) is 0 Å². The van der Waals surface area contributed by atoms with Crippen molar-refractivity contribution in [1.29, 1.82) is 0 Å². The smallest absolute Gasteiger partial charge is 0.387 e. The Morgan fingerprint density at radius 2 is 1.70 bits per heavy atom. The molecule has 0 atom stereocenters. The van der Waals surface area contributed by atoms with E-state index in [1.165, 1.54) is 12.8 Å². The van der Waals surface area contributed by atoms with E-state index in [2.05, 4.69) is 37.0 Å². The molecule has 0 unspecified atom stereocenters. The number of halogens is 3. The number of rotatable bonds is 8. The quantitative estimate of drug-likeness (QED) is 0.293. The van der Waals surface area contributed by atoms with Crippen molar-refractivity contribution in [2.24, 2.45) is 4.99 Å². The predicted octanol–water partition coefficient (Wildman–Crippen LogP) is 3.86. The van der Waals surface area contributed by atoms with Crippen molar-refractivity contribution in [2.75, 3.05) is 58.9 Å². The number of ether oxygens (including phenoxy) is 3. The molecule has 33 heavy (non-hydrogen) atoms. The van der Waals surface area contributed by atoms with Gasteiger partial charge in [-0.15, -0.1) is 24.0 Å². The van der Waals surface area contributed by atoms with E-state index in [1.807, 2.05) is 18.2 Å². The van der Waals surface area contributed by atoms with Crippen molar-refractivity contribution in [1.82, 2.24) is 10.2 Å². The highest BCUT2D eigenvalue weighted by molar-refractivity contribution is 14.0. The molecule has 0 aliphatic carbocycles. The molecule has 0 saturated carbocycles. The van der Waals surface area contributed by atoms with Crippen molar-refractivity contribution in [3.05, 3.63) is 48.0 Å². The predicted molar refractivity (Wildman–Crippen MR) is 137 cm³/mol. The van der Waals surface area contributed by atoms with Crippen LogP contribution < -0.4 is 24.4 Å². The Kier molecular flexibility index (Phi) is 10.8. The lowest BCUT2D eigenvalue weighted by Crippen LogP contribution is -2.52. The second-order valence-corrected chi connectivity index (χ2v) is 7.26. The van der Waals surface area contributed by atoms with Crippen LogP contribution in [0.2, 0.25) is 0 Å². The number of methoxy groups -OCH3 is 2. The molecule has 0 radical (unpaired) electrons. The van der Waals surface area contributed by atoms with Gasteiger partial charge in [-0.1, -0.05) is 6.07 Å². The number of anilines is 1. The van der Waals surface area contributed by atoms with Gasteiger partial charge in [0.15, 0.2) is 17.5 Å². The van der Waals surface area contributed by atoms with Gasteiger partial charge in [0.1, 0.15) is 5.75 Å². The Hall–Kier alpha value is -2.50. The molecule has 2 aromatic rings. The third kappa shape index (κ3) is 7.51. The van der Waals surface area contributed by atoms with Crippen LogP contribution in [0.25, 0.3) is 0 Å². The van der Waals surface area contributed by atoms with Gasteiger partial charge >= 0.3 is 6.61 Å². The lowest BCUT2D eigenvalue weighted by atomic mass is 10.1. The zero-order chi connectivity index (χ0) is 22.9. The number of hydrogen-bond acceptors (Lipinski definition) is 5. The fraction of sp³-hybridized carbons (Fsp3) is 0.435. The van der Waals surface area contributed by atoms with Gasteiger partial charge in [-0.05, 0) is 48.4 Å². The molecule has 1 heterocycles. The molecule has 1 fully saturated rings. The van der Waals surface area contributed by atoms with Crippen molar-refractivity contribution < 1.29 is 23.0 Å². The molecule has 182 valence electrons. The summed E-state index contributed by atoms with van der Waals surface area (Å²) >= 11 is 0. The van der Waals surface area contributed by atoms with Gasteiger partial charge in [0.2, 0.25) is 0 Å². The highest BCUT2D eigenvalue weighted by atomic mass is 127. The summed E-state index contributed by atoms with van der Waals surface area (Å²) in [5.41, 5.74) is 2.04. The van der Waals surface area contributed by atoms with E-state index in [-0.39, 0.29) is 35.5 Å². The number of nitrogens with one attached hydrogen (secondary N) is 1. The lowest BCUT2D eigenvalue weighted by molar-refractivity contribution is -0.0512. The third-order valence-electron chi connectivity index (χ3n) is 5.37. The summed E-state index contributed by atoms with van der Waals surface area (Å²) in [6.07, 6.45) is 0.633. The fourth-order valence-corrected chi connectivity index (χ4v) is 3.69. The maximum Gasteiger partial charge on any atom is 0.387 e. The van der Waals surface area contributed by atoms with Crippen LogP contribution in [0.1, 0.15) is 5.56 Å². The number of nitrogens with zero attached hydrogens (tertiary/aromatic N) is 3. The fourth-order valence-electron chi connectivity index (χ4n) is 3.69. The van der Waals surface area contributed by atoms with E-state index in [9.17, 15) is 8.78 Å². The first-order valence-electron chi connectivity index (χ1n) is 10.5. The second kappa shape index (κ2) is 13.3. The molecule has 1 aliphatic rings. The molecule has 3 rings (SSSR count). The summed E-state index contributed by atoms with van der Waals surface area (Å²) in [5.74, 6) is 2.00. The van der Waals surface area contributed by atoms with Crippen molar-refractivity contribution in [2.45, 2.75) is 13.0 Å². The normalized spacial score (nSPS) is 14.1. The molecule has 1 saturated heterocycles. The second-order valence-electron chi connectivity index (χ2n) is 7.26. The van der Waals surface area contributed by atoms with E-state index in [0.717, 1.165) is 43.5 Å². The highest BCUT2D eigenvalue weighted by Gasteiger charge is 2.20. The third-order valence-corrected chi connectivity index (χ3v) is 5.37. The van der Waals surface area contributed by atoms with Crippen molar-refractivity contribution >= 4 is 35.6 Å². The first-order valence-corrected chi connectivity index (χ1v) is 10.5. The zero-order valence-electron chi connectivity index (χ0n) is 19.1. The number of guanidine groups is 1. The SMILES string of the molecule is CN=C(NCCc1ccc(OC)c(OC(F)F)c1)N1CCN(c2ccc(OC)cc2)CC1.I. The summed E-state index contributed by atoms with van der Waals surface area (Å²) in [6.45, 7) is 1.19. The van der Waals surface area contributed by atoms with Gasteiger partial charge in [-0.2, -0.15) is 8.78 Å². The number of aliphatic imine (C=N–C) groups is 1. The van der Waals surface area contributed by atoms with Gasteiger partial charge in [-0.25, -0.2) is 0 Å². The summed E-state index contributed by atoms with van der Waals surface area (Å²) in [4.78, 5) is 8.96. The maximum absolute atomic E-state index is 12.6. The number of alkyl halides is 2. The van der Waals surface area contributed by atoms with Gasteiger partial charge in [0, 0.05) is 45.5 Å². The maximum atomic E-state index is 12.6. The minimum atomic E-state index is -2.90. The number of piperazine rings is 1. The van der Waals surface area contributed by atoms with E-state index in [1.54, 1.807) is 26.3 Å². The van der Waals surface area contributed by atoms with Crippen LogP contribution in [-0.2, 0) is 6.42 Å². The molecule has 0 bridgehead atoms.